The molecule has 2 aliphatic rings. The third-order valence-corrected chi connectivity index (χ3v) is 5.25. The highest BCUT2D eigenvalue weighted by Crippen LogP contribution is 2.28. The van der Waals surface area contributed by atoms with Crippen molar-refractivity contribution in [2.75, 3.05) is 26.2 Å². The summed E-state index contributed by atoms with van der Waals surface area (Å²) < 4.78 is 0. The van der Waals surface area contributed by atoms with Gasteiger partial charge in [0.2, 0.25) is 0 Å². The number of nitrogens with zero attached hydrogens (tertiary/aromatic N) is 2. The van der Waals surface area contributed by atoms with E-state index in [4.69, 9.17) is 0 Å². The quantitative estimate of drug-likeness (QED) is 0.754. The highest BCUT2D eigenvalue weighted by Gasteiger charge is 2.33. The fourth-order valence-electron chi connectivity index (χ4n) is 4.06. The van der Waals surface area contributed by atoms with Crippen molar-refractivity contribution in [2.45, 2.75) is 44.2 Å². The molecule has 2 saturated heterocycles. The Morgan fingerprint density at radius 3 is 2.74 bits per heavy atom. The molecule has 2 bridgehead atoms. The molecule has 1 aromatic carbocycles. The average molecular weight is 312 g/mol. The first-order valence-electron chi connectivity index (χ1n) is 9.00. The molecule has 0 spiro atoms. The molecule has 124 valence electrons. The molecule has 0 aliphatic carbocycles. The zero-order chi connectivity index (χ0) is 15.9. The zero-order valence-electron chi connectivity index (χ0n) is 13.9. The Balaban J connectivity index is 1.61. The number of benzene rings is 1. The molecule has 3 nitrogen and oxygen atoms in total. The van der Waals surface area contributed by atoms with Crippen LogP contribution in [0.15, 0.2) is 36.4 Å². The van der Waals surface area contributed by atoms with Gasteiger partial charge < -0.3 is 9.69 Å². The van der Waals surface area contributed by atoms with E-state index in [2.05, 4.69) is 52.3 Å². The van der Waals surface area contributed by atoms with Crippen LogP contribution in [-0.4, -0.2) is 54.3 Å². The van der Waals surface area contributed by atoms with E-state index in [-0.39, 0.29) is 0 Å². The molecular formula is C20H28N2O. The number of fused-ring (bicyclic) bond motifs is 2. The van der Waals surface area contributed by atoms with Crippen LogP contribution in [0.25, 0.3) is 6.08 Å². The van der Waals surface area contributed by atoms with Crippen molar-refractivity contribution in [3.05, 3.63) is 42.0 Å². The molecule has 2 atom stereocenters. The number of piperidine rings is 1. The molecule has 0 N–H and O–H groups in total. The highest BCUT2D eigenvalue weighted by molar-refractivity contribution is 5.49. The molecule has 2 fully saturated rings. The molecule has 2 unspecified atom stereocenters. The van der Waals surface area contributed by atoms with Gasteiger partial charge in [-0.1, -0.05) is 48.9 Å². The monoisotopic (exact) mass is 312 g/mol. The summed E-state index contributed by atoms with van der Waals surface area (Å²) in [5.41, 5.74) is 1.28. The van der Waals surface area contributed by atoms with E-state index in [1.807, 2.05) is 0 Å². The van der Waals surface area contributed by atoms with Crippen LogP contribution in [0.2, 0.25) is 0 Å². The topological polar surface area (TPSA) is 23.6 Å². The van der Waals surface area contributed by atoms with Gasteiger partial charge in [-0.25, -0.2) is 0 Å². The number of rotatable bonds is 6. The van der Waals surface area contributed by atoms with Crippen LogP contribution in [0.1, 0.15) is 37.7 Å². The van der Waals surface area contributed by atoms with Crippen LogP contribution in [-0.2, 0) is 4.79 Å². The molecule has 0 saturated carbocycles. The van der Waals surface area contributed by atoms with Crippen LogP contribution >= 0.6 is 0 Å². The number of carbonyl (C=O) groups is 1. The Kier molecular flexibility index (Phi) is 6.00. The zero-order valence-corrected chi connectivity index (χ0v) is 13.9. The maximum atomic E-state index is 10.7. The second kappa shape index (κ2) is 8.42. The first-order valence-corrected chi connectivity index (χ1v) is 9.00. The standard InChI is InChI=1S/C20H28N2O/c23-16-6-13-21-15-12-19-10-4-11-20(17-21)22(19)14-5-9-18-7-2-1-3-8-18/h1-3,5,7-9,16,19-20H,4,6,10-15,17H2. The number of carbonyl (C=O) groups excluding carboxylic acids is 1. The Hall–Kier alpha value is -1.45. The Bertz CT molecular complexity index is 514. The minimum Gasteiger partial charge on any atom is -0.303 e. The summed E-state index contributed by atoms with van der Waals surface area (Å²) in [4.78, 5) is 15.9. The summed E-state index contributed by atoms with van der Waals surface area (Å²) in [5, 5.41) is 0. The molecule has 23 heavy (non-hydrogen) atoms. The third-order valence-electron chi connectivity index (χ3n) is 5.25. The molecule has 3 heteroatoms. The van der Waals surface area contributed by atoms with Gasteiger partial charge in [0.05, 0.1) is 0 Å². The summed E-state index contributed by atoms with van der Waals surface area (Å²) >= 11 is 0. The molecule has 1 aromatic rings. The van der Waals surface area contributed by atoms with Crippen molar-refractivity contribution in [3.8, 4) is 0 Å². The van der Waals surface area contributed by atoms with Crippen molar-refractivity contribution >= 4 is 12.4 Å². The minimum absolute atomic E-state index is 0.656. The molecule has 0 amide bonds. The van der Waals surface area contributed by atoms with Gasteiger partial charge in [0, 0.05) is 38.1 Å². The number of aldehydes is 1. The van der Waals surface area contributed by atoms with Gasteiger partial charge in [0.15, 0.2) is 0 Å². The molecule has 0 radical (unpaired) electrons. The smallest absolute Gasteiger partial charge is 0.121 e. The van der Waals surface area contributed by atoms with E-state index in [1.54, 1.807) is 0 Å². The normalized spacial score (nSPS) is 26.3. The molecule has 2 aliphatic heterocycles. The van der Waals surface area contributed by atoms with E-state index >= 15 is 0 Å². The van der Waals surface area contributed by atoms with E-state index in [1.165, 1.54) is 31.2 Å². The Labute approximate surface area is 140 Å². The Morgan fingerprint density at radius 2 is 1.91 bits per heavy atom. The lowest BCUT2D eigenvalue weighted by Gasteiger charge is -2.40. The molecule has 2 heterocycles. The second-order valence-corrected chi connectivity index (χ2v) is 6.79. The molecule has 0 aromatic heterocycles. The SMILES string of the molecule is O=CCCN1CCC2CCCC(C1)N2CC=Cc1ccccc1. The predicted molar refractivity (Wildman–Crippen MR) is 95.3 cm³/mol. The maximum Gasteiger partial charge on any atom is 0.121 e. The fraction of sp³-hybridized carbons (Fsp3) is 0.550. The second-order valence-electron chi connectivity index (χ2n) is 6.79. The van der Waals surface area contributed by atoms with Crippen molar-refractivity contribution < 1.29 is 4.79 Å². The lowest BCUT2D eigenvalue weighted by molar-refractivity contribution is -0.108. The van der Waals surface area contributed by atoms with Crippen molar-refractivity contribution in [3.63, 3.8) is 0 Å². The van der Waals surface area contributed by atoms with Gasteiger partial charge in [0.1, 0.15) is 6.29 Å². The van der Waals surface area contributed by atoms with Crippen molar-refractivity contribution in [1.82, 2.24) is 9.80 Å². The third kappa shape index (κ3) is 4.52. The van der Waals surface area contributed by atoms with E-state index in [9.17, 15) is 4.79 Å². The van der Waals surface area contributed by atoms with Gasteiger partial charge in [-0.05, 0) is 31.4 Å². The number of hydrogen-bond donors (Lipinski definition) is 0. The van der Waals surface area contributed by atoms with Gasteiger partial charge in [-0.2, -0.15) is 0 Å². The van der Waals surface area contributed by atoms with Gasteiger partial charge in [0.25, 0.3) is 0 Å². The maximum absolute atomic E-state index is 10.7. The van der Waals surface area contributed by atoms with Crippen LogP contribution in [0.3, 0.4) is 0 Å². The lowest BCUT2D eigenvalue weighted by Crippen LogP contribution is -2.48. The van der Waals surface area contributed by atoms with E-state index < -0.39 is 0 Å². The van der Waals surface area contributed by atoms with Crippen molar-refractivity contribution in [1.29, 1.82) is 0 Å². The van der Waals surface area contributed by atoms with Crippen molar-refractivity contribution in [2.24, 2.45) is 0 Å². The average Bonchev–Trinajstić information content (AvgIpc) is 2.67. The number of hydrogen-bond acceptors (Lipinski definition) is 3. The van der Waals surface area contributed by atoms with Gasteiger partial charge in [-0.3, -0.25) is 4.90 Å². The van der Waals surface area contributed by atoms with E-state index in [0.717, 1.165) is 38.5 Å². The molecular weight excluding hydrogens is 284 g/mol. The van der Waals surface area contributed by atoms with Crippen LogP contribution in [0.4, 0.5) is 0 Å². The van der Waals surface area contributed by atoms with E-state index in [0.29, 0.717) is 12.5 Å². The lowest BCUT2D eigenvalue weighted by atomic mass is 9.94. The summed E-state index contributed by atoms with van der Waals surface area (Å²) in [5.74, 6) is 0. The summed E-state index contributed by atoms with van der Waals surface area (Å²) in [6, 6.07) is 11.9. The summed E-state index contributed by atoms with van der Waals surface area (Å²) in [7, 11) is 0. The molecule has 3 rings (SSSR count). The first-order chi connectivity index (χ1) is 11.4. The summed E-state index contributed by atoms with van der Waals surface area (Å²) in [6.07, 6.45) is 11.5. The van der Waals surface area contributed by atoms with Gasteiger partial charge >= 0.3 is 0 Å². The van der Waals surface area contributed by atoms with Crippen LogP contribution < -0.4 is 0 Å². The Morgan fingerprint density at radius 1 is 1.09 bits per heavy atom. The van der Waals surface area contributed by atoms with Crippen LogP contribution in [0.5, 0.6) is 0 Å². The van der Waals surface area contributed by atoms with Crippen LogP contribution in [0, 0.1) is 0 Å². The minimum atomic E-state index is 0.656. The largest absolute Gasteiger partial charge is 0.303 e. The predicted octanol–water partition coefficient (Wildman–Crippen LogP) is 3.22. The van der Waals surface area contributed by atoms with Gasteiger partial charge in [-0.15, -0.1) is 0 Å². The fourth-order valence-corrected chi connectivity index (χ4v) is 4.06. The highest BCUT2D eigenvalue weighted by atomic mass is 16.1. The first kappa shape index (κ1) is 16.4. The summed E-state index contributed by atoms with van der Waals surface area (Å²) in [6.45, 7) is 4.25.